The molecule has 1 aliphatic rings. The van der Waals surface area contributed by atoms with E-state index in [1.54, 1.807) is 12.1 Å². The summed E-state index contributed by atoms with van der Waals surface area (Å²) in [4.78, 5) is 0. The van der Waals surface area contributed by atoms with E-state index in [9.17, 15) is 15.3 Å². The van der Waals surface area contributed by atoms with E-state index in [1.807, 2.05) is 12.1 Å². The van der Waals surface area contributed by atoms with Crippen molar-refractivity contribution < 1.29 is 29.9 Å². The Labute approximate surface area is 123 Å². The lowest BCUT2D eigenvalue weighted by molar-refractivity contribution is -0.277. The Morgan fingerprint density at radius 2 is 1.67 bits per heavy atom. The molecule has 0 aliphatic carbocycles. The molecule has 21 heavy (non-hydrogen) atoms. The molecule has 5 atom stereocenters. The molecule has 1 aromatic carbocycles. The smallest absolute Gasteiger partial charge is 0.229 e. The standard InChI is InChI=1S/C15H22O6/c1-8(2)9-3-5-10(6-4-9)20-15-14(19)13(18)12(17)11(7-16)21-15/h3-6,8,11-19H,7H2,1-2H3/t11?,12?,13?,14-,15?/m0/s1. The van der Waals surface area contributed by atoms with Gasteiger partial charge in [-0.15, -0.1) is 0 Å². The van der Waals surface area contributed by atoms with E-state index < -0.39 is 37.3 Å². The molecule has 6 nitrogen and oxygen atoms in total. The first kappa shape index (κ1) is 16.2. The SMILES string of the molecule is CC(C)c1ccc(OC2OC(CO)C(O)C(O)[C@@H]2O)cc1. The van der Waals surface area contributed by atoms with Crippen LogP contribution in [0.15, 0.2) is 24.3 Å². The van der Waals surface area contributed by atoms with Crippen LogP contribution in [-0.2, 0) is 4.74 Å². The molecule has 1 saturated heterocycles. The maximum absolute atomic E-state index is 9.88. The van der Waals surface area contributed by atoms with Crippen LogP contribution in [0.2, 0.25) is 0 Å². The maximum atomic E-state index is 9.88. The first-order valence-corrected chi connectivity index (χ1v) is 7.01. The van der Waals surface area contributed by atoms with Crippen LogP contribution in [0.3, 0.4) is 0 Å². The topological polar surface area (TPSA) is 99.4 Å². The molecule has 118 valence electrons. The summed E-state index contributed by atoms with van der Waals surface area (Å²) in [5.74, 6) is 0.870. The van der Waals surface area contributed by atoms with Crippen molar-refractivity contribution in [3.63, 3.8) is 0 Å². The molecule has 0 bridgehead atoms. The van der Waals surface area contributed by atoms with Crippen molar-refractivity contribution in [2.45, 2.75) is 50.5 Å². The third-order valence-electron chi connectivity index (χ3n) is 3.65. The molecule has 1 heterocycles. The Kier molecular flexibility index (Phi) is 5.18. The van der Waals surface area contributed by atoms with Gasteiger partial charge >= 0.3 is 0 Å². The molecule has 4 unspecified atom stereocenters. The number of ether oxygens (including phenoxy) is 2. The quantitative estimate of drug-likeness (QED) is 0.624. The number of hydrogen-bond acceptors (Lipinski definition) is 6. The fourth-order valence-corrected chi connectivity index (χ4v) is 2.23. The zero-order valence-corrected chi connectivity index (χ0v) is 12.1. The van der Waals surface area contributed by atoms with Crippen LogP contribution < -0.4 is 4.74 Å². The lowest BCUT2D eigenvalue weighted by atomic mass is 9.99. The molecule has 6 heteroatoms. The largest absolute Gasteiger partial charge is 0.462 e. The summed E-state index contributed by atoms with van der Waals surface area (Å²) >= 11 is 0. The Morgan fingerprint density at radius 3 is 2.19 bits per heavy atom. The highest BCUT2D eigenvalue weighted by Crippen LogP contribution is 2.25. The number of rotatable bonds is 4. The predicted molar refractivity (Wildman–Crippen MR) is 74.9 cm³/mol. The van der Waals surface area contributed by atoms with E-state index in [-0.39, 0.29) is 0 Å². The molecule has 2 rings (SSSR count). The summed E-state index contributed by atoms with van der Waals surface area (Å²) in [6.45, 7) is 3.68. The van der Waals surface area contributed by atoms with Gasteiger partial charge in [0.15, 0.2) is 0 Å². The van der Waals surface area contributed by atoms with Crippen LogP contribution in [0.25, 0.3) is 0 Å². The lowest BCUT2D eigenvalue weighted by Gasteiger charge is -2.39. The van der Waals surface area contributed by atoms with E-state index in [1.165, 1.54) is 0 Å². The van der Waals surface area contributed by atoms with Crippen LogP contribution in [0.4, 0.5) is 0 Å². The predicted octanol–water partition coefficient (Wildman–Crippen LogP) is -0.0113. The third-order valence-corrected chi connectivity index (χ3v) is 3.65. The van der Waals surface area contributed by atoms with Crippen molar-refractivity contribution in [2.24, 2.45) is 0 Å². The molecular weight excluding hydrogens is 276 g/mol. The Balaban J connectivity index is 2.07. The highest BCUT2D eigenvalue weighted by Gasteiger charge is 2.44. The van der Waals surface area contributed by atoms with E-state index in [0.717, 1.165) is 5.56 Å². The monoisotopic (exact) mass is 298 g/mol. The highest BCUT2D eigenvalue weighted by atomic mass is 16.7. The van der Waals surface area contributed by atoms with E-state index >= 15 is 0 Å². The van der Waals surface area contributed by atoms with E-state index in [4.69, 9.17) is 14.6 Å². The summed E-state index contributed by atoms with van der Waals surface area (Å²) in [5, 5.41) is 38.4. The van der Waals surface area contributed by atoms with Gasteiger partial charge in [0.25, 0.3) is 0 Å². The van der Waals surface area contributed by atoms with Crippen LogP contribution in [0, 0.1) is 0 Å². The zero-order valence-electron chi connectivity index (χ0n) is 12.1. The molecule has 0 saturated carbocycles. The molecule has 1 fully saturated rings. The van der Waals surface area contributed by atoms with E-state index in [2.05, 4.69) is 13.8 Å². The van der Waals surface area contributed by atoms with Gasteiger partial charge in [-0.2, -0.15) is 0 Å². The average molecular weight is 298 g/mol. The van der Waals surface area contributed by atoms with Crippen LogP contribution in [0.1, 0.15) is 25.3 Å². The average Bonchev–Trinajstić information content (AvgIpc) is 2.48. The van der Waals surface area contributed by atoms with Crippen LogP contribution >= 0.6 is 0 Å². The summed E-state index contributed by atoms with van der Waals surface area (Å²) < 4.78 is 10.8. The Hall–Kier alpha value is -1.18. The Bertz CT molecular complexity index is 444. The molecule has 1 aliphatic heterocycles. The van der Waals surface area contributed by atoms with Crippen LogP contribution in [-0.4, -0.2) is 57.7 Å². The first-order valence-electron chi connectivity index (χ1n) is 7.01. The molecule has 0 radical (unpaired) electrons. The second-order valence-corrected chi connectivity index (χ2v) is 5.54. The summed E-state index contributed by atoms with van der Waals surface area (Å²) in [5.41, 5.74) is 1.15. The van der Waals surface area contributed by atoms with Crippen molar-refractivity contribution in [1.82, 2.24) is 0 Å². The van der Waals surface area contributed by atoms with Crippen molar-refractivity contribution in [1.29, 1.82) is 0 Å². The minimum absolute atomic E-state index is 0.395. The Morgan fingerprint density at radius 1 is 1.05 bits per heavy atom. The van der Waals surface area contributed by atoms with E-state index in [0.29, 0.717) is 11.7 Å². The molecule has 0 amide bonds. The number of aliphatic hydroxyl groups is 4. The van der Waals surface area contributed by atoms with Gasteiger partial charge in [0.2, 0.25) is 6.29 Å². The second-order valence-electron chi connectivity index (χ2n) is 5.54. The van der Waals surface area contributed by atoms with Gasteiger partial charge < -0.3 is 29.9 Å². The molecular formula is C15H22O6. The molecule has 0 spiro atoms. The van der Waals surface area contributed by atoms with Crippen molar-refractivity contribution >= 4 is 0 Å². The van der Waals surface area contributed by atoms with Crippen molar-refractivity contribution in [3.8, 4) is 5.75 Å². The molecule has 1 aromatic rings. The van der Waals surface area contributed by atoms with Gasteiger partial charge in [-0.3, -0.25) is 0 Å². The number of aliphatic hydroxyl groups excluding tert-OH is 4. The van der Waals surface area contributed by atoms with Gasteiger partial charge in [-0.05, 0) is 23.6 Å². The second kappa shape index (κ2) is 6.72. The van der Waals surface area contributed by atoms with Gasteiger partial charge in [0.1, 0.15) is 30.2 Å². The third kappa shape index (κ3) is 3.53. The minimum Gasteiger partial charge on any atom is -0.462 e. The zero-order chi connectivity index (χ0) is 15.6. The summed E-state index contributed by atoms with van der Waals surface area (Å²) in [7, 11) is 0. The van der Waals surface area contributed by atoms with Crippen LogP contribution in [0.5, 0.6) is 5.75 Å². The summed E-state index contributed by atoms with van der Waals surface area (Å²) in [6, 6.07) is 7.31. The van der Waals surface area contributed by atoms with Gasteiger partial charge in [-0.25, -0.2) is 0 Å². The summed E-state index contributed by atoms with van der Waals surface area (Å²) in [6.07, 6.45) is -6.33. The maximum Gasteiger partial charge on any atom is 0.229 e. The molecule has 4 N–H and O–H groups in total. The van der Waals surface area contributed by atoms with Gasteiger partial charge in [-0.1, -0.05) is 26.0 Å². The number of hydrogen-bond donors (Lipinski definition) is 4. The normalized spacial score (nSPS) is 33.2. The van der Waals surface area contributed by atoms with Crippen molar-refractivity contribution in [2.75, 3.05) is 6.61 Å². The molecule has 0 aromatic heterocycles. The van der Waals surface area contributed by atoms with Gasteiger partial charge in [0.05, 0.1) is 6.61 Å². The van der Waals surface area contributed by atoms with Crippen molar-refractivity contribution in [3.05, 3.63) is 29.8 Å². The van der Waals surface area contributed by atoms with Gasteiger partial charge in [0, 0.05) is 0 Å². The minimum atomic E-state index is -1.43. The number of benzene rings is 1. The first-order chi connectivity index (χ1) is 9.93. The fraction of sp³-hybridized carbons (Fsp3) is 0.600. The highest BCUT2D eigenvalue weighted by molar-refractivity contribution is 5.29. The fourth-order valence-electron chi connectivity index (χ4n) is 2.23. The lowest BCUT2D eigenvalue weighted by Crippen LogP contribution is -2.60.